The monoisotopic (exact) mass is 804 g/mol. The van der Waals surface area contributed by atoms with Gasteiger partial charge in [0.1, 0.15) is 6.10 Å². The van der Waals surface area contributed by atoms with Gasteiger partial charge < -0.3 is 20.3 Å². The third kappa shape index (κ3) is 40.9. The summed E-state index contributed by atoms with van der Waals surface area (Å²) in [7, 11) is 0. The van der Waals surface area contributed by atoms with Gasteiger partial charge in [0.15, 0.2) is 0 Å². The Hall–Kier alpha value is -1.66. The lowest BCUT2D eigenvalue weighted by molar-refractivity contribution is -0.151. The van der Waals surface area contributed by atoms with Crippen molar-refractivity contribution >= 4 is 11.9 Å². The maximum absolute atomic E-state index is 13.1. The van der Waals surface area contributed by atoms with Gasteiger partial charge in [-0.05, 0) is 57.8 Å². The van der Waals surface area contributed by atoms with E-state index < -0.39 is 18.2 Å². The molecule has 336 valence electrons. The van der Waals surface area contributed by atoms with E-state index in [0.29, 0.717) is 19.3 Å². The first-order chi connectivity index (χ1) is 28.0. The summed E-state index contributed by atoms with van der Waals surface area (Å²) in [6, 6.07) is -0.696. The molecule has 0 spiro atoms. The minimum atomic E-state index is -0.783. The second-order valence-electron chi connectivity index (χ2n) is 17.2. The maximum atomic E-state index is 13.1. The third-order valence-electron chi connectivity index (χ3n) is 11.5. The molecule has 0 heterocycles. The van der Waals surface area contributed by atoms with Crippen LogP contribution >= 0.6 is 0 Å². The Kier molecular flexibility index (Phi) is 44.1. The highest BCUT2D eigenvalue weighted by atomic mass is 16.5. The molecule has 0 aliphatic carbocycles. The predicted octanol–water partition coefficient (Wildman–Crippen LogP) is 14.7. The summed E-state index contributed by atoms with van der Waals surface area (Å²) in [5.74, 6) is -0.475. The zero-order valence-corrected chi connectivity index (χ0v) is 38.2. The van der Waals surface area contributed by atoms with Crippen molar-refractivity contribution in [3.63, 3.8) is 0 Å². The van der Waals surface area contributed by atoms with Crippen molar-refractivity contribution in [2.75, 3.05) is 6.61 Å². The molecule has 0 aromatic heterocycles. The number of hydrogen-bond acceptors (Lipinski definition) is 5. The molecule has 0 saturated heterocycles. The number of rotatable bonds is 45. The molecule has 0 bridgehead atoms. The number of aliphatic hydroxyl groups is 2. The predicted molar refractivity (Wildman–Crippen MR) is 246 cm³/mol. The van der Waals surface area contributed by atoms with Crippen LogP contribution in [0.5, 0.6) is 0 Å². The zero-order valence-electron chi connectivity index (χ0n) is 38.2. The number of hydrogen-bond donors (Lipinski definition) is 3. The molecule has 57 heavy (non-hydrogen) atoms. The molecular weight excluding hydrogens is 707 g/mol. The minimum Gasteiger partial charge on any atom is -0.462 e. The molecule has 0 fully saturated rings. The number of esters is 1. The highest BCUT2D eigenvalue weighted by Gasteiger charge is 2.24. The van der Waals surface area contributed by atoms with E-state index in [1.54, 1.807) is 0 Å². The van der Waals surface area contributed by atoms with Crippen LogP contribution in [0.2, 0.25) is 0 Å². The number of amides is 1. The van der Waals surface area contributed by atoms with Gasteiger partial charge in [-0.3, -0.25) is 9.59 Å². The number of carbonyl (C=O) groups excluding carboxylic acids is 2. The smallest absolute Gasteiger partial charge is 0.306 e. The van der Waals surface area contributed by atoms with E-state index in [2.05, 4.69) is 50.4 Å². The Morgan fingerprint density at radius 2 is 0.895 bits per heavy atom. The summed E-state index contributed by atoms with van der Waals surface area (Å²) in [5, 5.41) is 23.7. The van der Waals surface area contributed by atoms with Gasteiger partial charge >= 0.3 is 5.97 Å². The van der Waals surface area contributed by atoms with E-state index in [9.17, 15) is 19.8 Å². The summed E-state index contributed by atoms with van der Waals surface area (Å²) < 4.78 is 5.90. The fraction of sp³-hybridized carbons (Fsp3) is 0.882. The number of allylic oxidation sites excluding steroid dienone is 4. The molecule has 0 rings (SSSR count). The number of unbranched alkanes of at least 4 members (excludes halogenated alkanes) is 29. The lowest BCUT2D eigenvalue weighted by atomic mass is 10.0. The van der Waals surface area contributed by atoms with Crippen LogP contribution in [0.1, 0.15) is 265 Å². The SMILES string of the molecule is CCCCC/C=C\C/C=C\CCCCCCCCCC(=O)OC(CCCCCCCCCC)CC(=O)NC(CO)C(O)CCCCCCCCCCCCCCC. The fourth-order valence-corrected chi connectivity index (χ4v) is 7.70. The minimum absolute atomic E-state index is 0.0785. The van der Waals surface area contributed by atoms with Gasteiger partial charge in [0.25, 0.3) is 0 Å². The second-order valence-corrected chi connectivity index (χ2v) is 17.2. The molecule has 3 atom stereocenters. The van der Waals surface area contributed by atoms with Gasteiger partial charge in [-0.25, -0.2) is 0 Å². The average molecular weight is 804 g/mol. The summed E-state index contributed by atoms with van der Waals surface area (Å²) >= 11 is 0. The van der Waals surface area contributed by atoms with Gasteiger partial charge in [0.05, 0.1) is 25.2 Å². The van der Waals surface area contributed by atoms with Crippen LogP contribution in [0, 0.1) is 0 Å². The molecule has 6 nitrogen and oxygen atoms in total. The Balaban J connectivity index is 4.41. The van der Waals surface area contributed by atoms with E-state index in [1.165, 1.54) is 161 Å². The van der Waals surface area contributed by atoms with Crippen LogP contribution in [-0.4, -0.2) is 46.9 Å². The van der Waals surface area contributed by atoms with E-state index in [0.717, 1.165) is 57.8 Å². The van der Waals surface area contributed by atoms with Gasteiger partial charge in [0.2, 0.25) is 5.91 Å². The van der Waals surface area contributed by atoms with Crippen molar-refractivity contribution in [1.29, 1.82) is 0 Å². The van der Waals surface area contributed by atoms with E-state index >= 15 is 0 Å². The molecule has 6 heteroatoms. The van der Waals surface area contributed by atoms with Crippen LogP contribution in [0.4, 0.5) is 0 Å². The van der Waals surface area contributed by atoms with Crippen molar-refractivity contribution < 1.29 is 24.5 Å². The molecule has 3 unspecified atom stereocenters. The standard InChI is InChI=1S/C51H97NO5/c1-4-7-10-13-16-19-21-23-24-25-26-28-30-32-35-38-41-44-51(56)57-47(42-39-36-33-18-15-12-9-6-3)45-50(55)52-48(46-53)49(54)43-40-37-34-31-29-27-22-20-17-14-11-8-5-2/h16,19,23-24,47-49,53-54H,4-15,17-18,20-22,25-46H2,1-3H3,(H,52,55)/b19-16-,24-23-. The van der Waals surface area contributed by atoms with Crippen LogP contribution in [-0.2, 0) is 14.3 Å². The summed E-state index contributed by atoms with van der Waals surface area (Å²) in [6.45, 7) is 6.44. The van der Waals surface area contributed by atoms with Crippen molar-refractivity contribution in [2.24, 2.45) is 0 Å². The van der Waals surface area contributed by atoms with Crippen molar-refractivity contribution in [1.82, 2.24) is 5.32 Å². The number of ether oxygens (including phenoxy) is 1. The van der Waals surface area contributed by atoms with Gasteiger partial charge in [-0.1, -0.05) is 218 Å². The van der Waals surface area contributed by atoms with E-state index in [4.69, 9.17) is 4.74 Å². The molecule has 0 aliphatic rings. The average Bonchev–Trinajstić information content (AvgIpc) is 3.20. The quantitative estimate of drug-likeness (QED) is 0.0324. The highest BCUT2D eigenvalue weighted by molar-refractivity contribution is 5.77. The maximum Gasteiger partial charge on any atom is 0.306 e. The van der Waals surface area contributed by atoms with Crippen molar-refractivity contribution in [3.8, 4) is 0 Å². The number of nitrogens with one attached hydrogen (secondary N) is 1. The number of carbonyl (C=O) groups is 2. The fourth-order valence-electron chi connectivity index (χ4n) is 7.70. The highest BCUT2D eigenvalue weighted by Crippen LogP contribution is 2.18. The lowest BCUT2D eigenvalue weighted by Gasteiger charge is -2.24. The van der Waals surface area contributed by atoms with Gasteiger partial charge in [0, 0.05) is 6.42 Å². The first-order valence-corrected chi connectivity index (χ1v) is 25.1. The Morgan fingerprint density at radius 1 is 0.509 bits per heavy atom. The van der Waals surface area contributed by atoms with E-state index in [1.807, 2.05) is 0 Å². The van der Waals surface area contributed by atoms with Crippen LogP contribution in [0.3, 0.4) is 0 Å². The first-order valence-electron chi connectivity index (χ1n) is 25.1. The molecule has 0 aromatic carbocycles. The molecule has 3 N–H and O–H groups in total. The topological polar surface area (TPSA) is 95.9 Å². The zero-order chi connectivity index (χ0) is 41.7. The molecular formula is C51H97NO5. The lowest BCUT2D eigenvalue weighted by Crippen LogP contribution is -2.46. The summed E-state index contributed by atoms with van der Waals surface area (Å²) in [6.07, 6.45) is 51.0. The summed E-state index contributed by atoms with van der Waals surface area (Å²) in [4.78, 5) is 26.0. The third-order valence-corrected chi connectivity index (χ3v) is 11.5. The number of aliphatic hydroxyl groups excluding tert-OH is 2. The van der Waals surface area contributed by atoms with Crippen molar-refractivity contribution in [2.45, 2.75) is 283 Å². The van der Waals surface area contributed by atoms with Gasteiger partial charge in [-0.2, -0.15) is 0 Å². The van der Waals surface area contributed by atoms with Crippen LogP contribution in [0.25, 0.3) is 0 Å². The largest absolute Gasteiger partial charge is 0.462 e. The molecule has 0 radical (unpaired) electrons. The van der Waals surface area contributed by atoms with Crippen LogP contribution in [0.15, 0.2) is 24.3 Å². The Bertz CT molecular complexity index is 904. The first kappa shape index (κ1) is 55.3. The summed E-state index contributed by atoms with van der Waals surface area (Å²) in [5.41, 5.74) is 0. The molecule has 0 saturated carbocycles. The molecule has 1 amide bonds. The Morgan fingerprint density at radius 3 is 1.37 bits per heavy atom. The van der Waals surface area contributed by atoms with Gasteiger partial charge in [-0.15, -0.1) is 0 Å². The second kappa shape index (κ2) is 45.4. The van der Waals surface area contributed by atoms with Crippen molar-refractivity contribution in [3.05, 3.63) is 24.3 Å². The van der Waals surface area contributed by atoms with Crippen LogP contribution < -0.4 is 5.32 Å². The molecule has 0 aromatic rings. The van der Waals surface area contributed by atoms with E-state index in [-0.39, 0.29) is 24.9 Å². The Labute approximate surface area is 354 Å². The normalized spacial score (nSPS) is 13.4. The molecule has 0 aliphatic heterocycles.